The van der Waals surface area contributed by atoms with Gasteiger partial charge < -0.3 is 19.4 Å². The summed E-state index contributed by atoms with van der Waals surface area (Å²) in [6, 6.07) is 16.3. The first-order chi connectivity index (χ1) is 15.0. The van der Waals surface area contributed by atoms with Gasteiger partial charge in [0.25, 0.3) is 0 Å². The number of methoxy groups -OCH3 is 1. The van der Waals surface area contributed by atoms with Gasteiger partial charge in [0.2, 0.25) is 5.91 Å². The van der Waals surface area contributed by atoms with Crippen molar-refractivity contribution in [1.82, 2.24) is 14.9 Å². The van der Waals surface area contributed by atoms with Crippen molar-refractivity contribution >= 4 is 16.9 Å². The van der Waals surface area contributed by atoms with E-state index < -0.39 is 5.41 Å². The maximum absolute atomic E-state index is 13.4. The van der Waals surface area contributed by atoms with E-state index in [0.717, 1.165) is 28.2 Å². The molecule has 6 heteroatoms. The molecule has 31 heavy (non-hydrogen) atoms. The minimum atomic E-state index is -0.567. The number of rotatable bonds is 7. The standard InChI is InChI=1S/C25H31N3O3/c1-18(2)28-22-7-5-4-6-21(22)27-23(28)12-15-26-24(29)25(13-16-31-17-14-25)19-8-10-20(30-3)11-9-19/h4-11,18H,12-17H2,1-3H3,(H,26,29). The minimum absolute atomic E-state index is 0.0631. The topological polar surface area (TPSA) is 65.4 Å². The molecule has 2 aromatic carbocycles. The highest BCUT2D eigenvalue weighted by Crippen LogP contribution is 2.36. The summed E-state index contributed by atoms with van der Waals surface area (Å²) in [5, 5.41) is 3.20. The number of benzene rings is 2. The van der Waals surface area contributed by atoms with Crippen LogP contribution < -0.4 is 10.1 Å². The van der Waals surface area contributed by atoms with E-state index in [9.17, 15) is 4.79 Å². The van der Waals surface area contributed by atoms with Crippen molar-refractivity contribution < 1.29 is 14.3 Å². The number of hydrogen-bond donors (Lipinski definition) is 1. The van der Waals surface area contributed by atoms with Gasteiger partial charge in [-0.1, -0.05) is 24.3 Å². The fourth-order valence-electron chi connectivity index (χ4n) is 4.58. The third-order valence-corrected chi connectivity index (χ3v) is 6.24. The van der Waals surface area contributed by atoms with Crippen LogP contribution in [0, 0.1) is 0 Å². The van der Waals surface area contributed by atoms with E-state index >= 15 is 0 Å². The molecule has 1 saturated heterocycles. The van der Waals surface area contributed by atoms with Crippen molar-refractivity contribution in [3.63, 3.8) is 0 Å². The van der Waals surface area contributed by atoms with Crippen LogP contribution in [0.2, 0.25) is 0 Å². The molecule has 0 spiro atoms. The molecule has 164 valence electrons. The van der Waals surface area contributed by atoms with Crippen molar-refractivity contribution in [1.29, 1.82) is 0 Å². The lowest BCUT2D eigenvalue weighted by Crippen LogP contribution is -2.48. The van der Waals surface area contributed by atoms with Crippen LogP contribution in [0.5, 0.6) is 5.75 Å². The minimum Gasteiger partial charge on any atom is -0.497 e. The molecule has 1 aromatic heterocycles. The largest absolute Gasteiger partial charge is 0.497 e. The SMILES string of the molecule is COc1ccc(C2(C(=O)NCCc3nc4ccccc4n3C(C)C)CCOCC2)cc1. The Morgan fingerprint density at radius 2 is 1.87 bits per heavy atom. The summed E-state index contributed by atoms with van der Waals surface area (Å²) in [5.41, 5.74) is 2.58. The second kappa shape index (κ2) is 9.10. The molecule has 2 heterocycles. The lowest BCUT2D eigenvalue weighted by Gasteiger charge is -2.36. The molecule has 1 aliphatic heterocycles. The van der Waals surface area contributed by atoms with Crippen LogP contribution in [0.1, 0.15) is 44.1 Å². The number of carbonyl (C=O) groups excluding carboxylic acids is 1. The van der Waals surface area contributed by atoms with E-state index in [0.29, 0.717) is 45.1 Å². The zero-order valence-corrected chi connectivity index (χ0v) is 18.6. The van der Waals surface area contributed by atoms with Gasteiger partial charge in [-0.05, 0) is 56.5 Å². The summed E-state index contributed by atoms with van der Waals surface area (Å²) < 4.78 is 13.1. The zero-order valence-electron chi connectivity index (χ0n) is 18.6. The molecule has 0 atom stereocenters. The van der Waals surface area contributed by atoms with E-state index in [1.165, 1.54) is 0 Å². The lowest BCUT2D eigenvalue weighted by atomic mass is 9.73. The van der Waals surface area contributed by atoms with Gasteiger partial charge in [-0.2, -0.15) is 0 Å². The van der Waals surface area contributed by atoms with E-state index in [-0.39, 0.29) is 5.91 Å². The summed E-state index contributed by atoms with van der Waals surface area (Å²) in [6.07, 6.45) is 2.04. The monoisotopic (exact) mass is 421 g/mol. The highest BCUT2D eigenvalue weighted by Gasteiger charge is 2.41. The average molecular weight is 422 g/mol. The molecule has 1 fully saturated rings. The van der Waals surface area contributed by atoms with Gasteiger partial charge in [-0.25, -0.2) is 4.98 Å². The summed E-state index contributed by atoms with van der Waals surface area (Å²) in [7, 11) is 1.65. The first kappa shape index (κ1) is 21.4. The van der Waals surface area contributed by atoms with Gasteiger partial charge in [-0.15, -0.1) is 0 Å². The first-order valence-electron chi connectivity index (χ1n) is 11.0. The van der Waals surface area contributed by atoms with Gasteiger partial charge >= 0.3 is 0 Å². The third kappa shape index (κ3) is 4.17. The average Bonchev–Trinajstić information content (AvgIpc) is 3.18. The quantitative estimate of drug-likeness (QED) is 0.625. The molecule has 3 aromatic rings. The number of nitrogens with one attached hydrogen (secondary N) is 1. The van der Waals surface area contributed by atoms with Crippen LogP contribution in [0.3, 0.4) is 0 Å². The Bertz CT molecular complexity index is 1030. The second-order valence-corrected chi connectivity index (χ2v) is 8.41. The van der Waals surface area contributed by atoms with Crippen LogP contribution in [-0.2, 0) is 21.4 Å². The number of para-hydroxylation sites is 2. The predicted molar refractivity (Wildman–Crippen MR) is 122 cm³/mol. The maximum Gasteiger partial charge on any atom is 0.230 e. The summed E-state index contributed by atoms with van der Waals surface area (Å²) in [4.78, 5) is 18.2. The molecule has 0 saturated carbocycles. The van der Waals surface area contributed by atoms with E-state index in [1.807, 2.05) is 42.5 Å². The fourth-order valence-corrected chi connectivity index (χ4v) is 4.58. The molecule has 4 rings (SSSR count). The molecule has 1 N–H and O–H groups in total. The third-order valence-electron chi connectivity index (χ3n) is 6.24. The number of amides is 1. The zero-order chi connectivity index (χ0) is 21.8. The molecule has 1 amide bonds. The Labute approximate surface area is 183 Å². The van der Waals surface area contributed by atoms with Gasteiger partial charge in [0.15, 0.2) is 0 Å². The maximum atomic E-state index is 13.4. The molecule has 6 nitrogen and oxygen atoms in total. The lowest BCUT2D eigenvalue weighted by molar-refractivity contribution is -0.130. The Kier molecular flexibility index (Phi) is 6.28. The summed E-state index contributed by atoms with van der Waals surface area (Å²) >= 11 is 0. The Morgan fingerprint density at radius 1 is 1.16 bits per heavy atom. The van der Waals surface area contributed by atoms with Gasteiger partial charge in [0, 0.05) is 32.2 Å². The fraction of sp³-hybridized carbons (Fsp3) is 0.440. The summed E-state index contributed by atoms with van der Waals surface area (Å²) in [5.74, 6) is 1.86. The van der Waals surface area contributed by atoms with E-state index in [1.54, 1.807) is 7.11 Å². The molecule has 1 aliphatic rings. The number of aromatic nitrogens is 2. The van der Waals surface area contributed by atoms with Crippen LogP contribution >= 0.6 is 0 Å². The van der Waals surface area contributed by atoms with Crippen LogP contribution in [0.4, 0.5) is 0 Å². The van der Waals surface area contributed by atoms with E-state index in [4.69, 9.17) is 14.5 Å². The van der Waals surface area contributed by atoms with Crippen molar-refractivity contribution in [2.45, 2.75) is 44.6 Å². The van der Waals surface area contributed by atoms with Crippen LogP contribution in [0.15, 0.2) is 48.5 Å². The predicted octanol–water partition coefficient (Wildman–Crippen LogP) is 4.03. The number of carbonyl (C=O) groups is 1. The van der Waals surface area contributed by atoms with Crippen molar-refractivity contribution in [2.75, 3.05) is 26.9 Å². The van der Waals surface area contributed by atoms with Crippen molar-refractivity contribution in [2.24, 2.45) is 0 Å². The summed E-state index contributed by atoms with van der Waals surface area (Å²) in [6.45, 7) is 6.05. The van der Waals surface area contributed by atoms with Gasteiger partial charge in [-0.3, -0.25) is 4.79 Å². The molecule has 0 bridgehead atoms. The van der Waals surface area contributed by atoms with Crippen molar-refractivity contribution in [3.05, 3.63) is 59.9 Å². The number of hydrogen-bond acceptors (Lipinski definition) is 4. The number of fused-ring (bicyclic) bond motifs is 1. The van der Waals surface area contributed by atoms with Crippen LogP contribution in [-0.4, -0.2) is 42.3 Å². The highest BCUT2D eigenvalue weighted by molar-refractivity contribution is 5.88. The Hall–Kier alpha value is -2.86. The van der Waals surface area contributed by atoms with Crippen molar-refractivity contribution in [3.8, 4) is 5.75 Å². The normalized spacial score (nSPS) is 15.9. The van der Waals surface area contributed by atoms with Crippen LogP contribution in [0.25, 0.3) is 11.0 Å². The Balaban J connectivity index is 1.51. The van der Waals surface area contributed by atoms with E-state index in [2.05, 4.69) is 29.8 Å². The Morgan fingerprint density at radius 3 is 2.55 bits per heavy atom. The molecule has 0 radical (unpaired) electrons. The van der Waals surface area contributed by atoms with Gasteiger partial charge in [0.1, 0.15) is 11.6 Å². The second-order valence-electron chi connectivity index (χ2n) is 8.41. The number of nitrogens with zero attached hydrogens (tertiary/aromatic N) is 2. The molecular formula is C25H31N3O3. The molecule has 0 unspecified atom stereocenters. The number of ether oxygens (including phenoxy) is 2. The smallest absolute Gasteiger partial charge is 0.230 e. The molecule has 0 aliphatic carbocycles. The highest BCUT2D eigenvalue weighted by atomic mass is 16.5. The first-order valence-corrected chi connectivity index (χ1v) is 11.0. The molecular weight excluding hydrogens is 390 g/mol. The van der Waals surface area contributed by atoms with Gasteiger partial charge in [0.05, 0.1) is 23.6 Å². The number of imidazole rings is 1.